The fourth-order valence-corrected chi connectivity index (χ4v) is 2.49. The molecule has 1 aliphatic heterocycles. The Kier molecular flexibility index (Phi) is 4.03. The summed E-state index contributed by atoms with van der Waals surface area (Å²) in [5, 5.41) is 0. The summed E-state index contributed by atoms with van der Waals surface area (Å²) in [5.74, 6) is -0.463. The Morgan fingerprint density at radius 2 is 2.05 bits per heavy atom. The van der Waals surface area contributed by atoms with Gasteiger partial charge in [-0.05, 0) is 56.9 Å². The van der Waals surface area contributed by atoms with Crippen LogP contribution in [0.5, 0.6) is 0 Å². The number of nitrogens with zero attached hydrogens (tertiary/aromatic N) is 1. The lowest BCUT2D eigenvalue weighted by molar-refractivity contribution is 0.0222. The van der Waals surface area contributed by atoms with Crippen LogP contribution in [0.1, 0.15) is 47.8 Å². The lowest BCUT2D eigenvalue weighted by Gasteiger charge is -2.32. The Balaban J connectivity index is 2.27. The van der Waals surface area contributed by atoms with Crippen molar-refractivity contribution in [1.29, 1.82) is 0 Å². The van der Waals surface area contributed by atoms with Crippen molar-refractivity contribution in [3.63, 3.8) is 0 Å². The van der Waals surface area contributed by atoms with Gasteiger partial charge in [0.1, 0.15) is 11.4 Å². The maximum absolute atomic E-state index is 14.2. The fourth-order valence-electron chi connectivity index (χ4n) is 2.49. The number of halogens is 1. The van der Waals surface area contributed by atoms with Gasteiger partial charge in [0.15, 0.2) is 6.29 Å². The first-order valence-electron chi connectivity index (χ1n) is 6.97. The molecule has 0 bridgehead atoms. The first-order chi connectivity index (χ1) is 9.73. The van der Waals surface area contributed by atoms with Gasteiger partial charge in [-0.2, -0.15) is 0 Å². The monoisotopic (exact) mass is 293 g/mol. The fraction of sp³-hybridized carbons (Fsp3) is 0.500. The highest BCUT2D eigenvalue weighted by Gasteiger charge is 2.28. The third kappa shape index (κ3) is 3.23. The summed E-state index contributed by atoms with van der Waals surface area (Å²) in [6.45, 7) is 7.95. The van der Waals surface area contributed by atoms with Crippen molar-refractivity contribution in [2.24, 2.45) is 0 Å². The minimum atomic E-state index is -0.557. The average molecular weight is 293 g/mol. The molecule has 5 heteroatoms. The number of aryl methyl sites for hydroxylation is 1. The van der Waals surface area contributed by atoms with Crippen LogP contribution in [0, 0.1) is 12.7 Å². The minimum Gasteiger partial charge on any atom is -0.444 e. The normalized spacial score (nSPS) is 14.6. The minimum absolute atomic E-state index is 0.0805. The number of carbonyl (C=O) groups excluding carboxylic acids is 2. The first kappa shape index (κ1) is 15.5. The number of hydrogen-bond donors (Lipinski definition) is 0. The topological polar surface area (TPSA) is 46.6 Å². The number of amides is 1. The van der Waals surface area contributed by atoms with Gasteiger partial charge in [0.2, 0.25) is 0 Å². The third-order valence-corrected chi connectivity index (χ3v) is 3.49. The summed E-state index contributed by atoms with van der Waals surface area (Å²) in [7, 11) is 0. The second-order valence-electron chi connectivity index (χ2n) is 6.32. The molecule has 0 radical (unpaired) electrons. The molecule has 0 aromatic heterocycles. The molecule has 1 heterocycles. The van der Waals surface area contributed by atoms with E-state index in [4.69, 9.17) is 4.74 Å². The van der Waals surface area contributed by atoms with Crippen molar-refractivity contribution in [1.82, 2.24) is 4.90 Å². The van der Waals surface area contributed by atoms with Crippen molar-refractivity contribution in [2.75, 3.05) is 6.54 Å². The zero-order valence-electron chi connectivity index (χ0n) is 12.8. The van der Waals surface area contributed by atoms with Crippen molar-refractivity contribution in [3.8, 4) is 0 Å². The lowest BCUT2D eigenvalue weighted by Crippen LogP contribution is -2.40. The van der Waals surface area contributed by atoms with Crippen molar-refractivity contribution < 1.29 is 18.7 Å². The highest BCUT2D eigenvalue weighted by atomic mass is 19.1. The Morgan fingerprint density at radius 3 is 2.62 bits per heavy atom. The molecule has 4 nitrogen and oxygen atoms in total. The van der Waals surface area contributed by atoms with Gasteiger partial charge in [-0.25, -0.2) is 9.18 Å². The molecule has 0 atom stereocenters. The molecule has 1 aliphatic rings. The van der Waals surface area contributed by atoms with Gasteiger partial charge < -0.3 is 9.64 Å². The SMILES string of the molecule is Cc1cc(C=O)c(F)c2c1CN(C(=O)OC(C)(C)C)CC2. The summed E-state index contributed by atoms with van der Waals surface area (Å²) in [4.78, 5) is 24.5. The molecule has 0 N–H and O–H groups in total. The molecular weight excluding hydrogens is 273 g/mol. The number of benzene rings is 1. The molecule has 0 aliphatic carbocycles. The van der Waals surface area contributed by atoms with Gasteiger partial charge in [0.05, 0.1) is 5.56 Å². The van der Waals surface area contributed by atoms with Gasteiger partial charge in [-0.15, -0.1) is 0 Å². The van der Waals surface area contributed by atoms with Gasteiger partial charge in [-0.1, -0.05) is 0 Å². The molecule has 2 rings (SSSR count). The quantitative estimate of drug-likeness (QED) is 0.747. The standard InChI is InChI=1S/C16H20FNO3/c1-10-7-11(9-19)14(17)12-5-6-18(8-13(10)12)15(20)21-16(2,3)4/h7,9H,5-6,8H2,1-4H3. The van der Waals surface area contributed by atoms with Gasteiger partial charge in [0.25, 0.3) is 0 Å². The van der Waals surface area contributed by atoms with E-state index in [1.165, 1.54) is 6.07 Å². The largest absolute Gasteiger partial charge is 0.444 e. The molecule has 0 saturated carbocycles. The Morgan fingerprint density at radius 1 is 1.38 bits per heavy atom. The first-order valence-corrected chi connectivity index (χ1v) is 6.97. The van der Waals surface area contributed by atoms with E-state index >= 15 is 0 Å². The van der Waals surface area contributed by atoms with Crippen LogP contribution in [0.25, 0.3) is 0 Å². The van der Waals surface area contributed by atoms with Crippen LogP contribution in [0.2, 0.25) is 0 Å². The Hall–Kier alpha value is -1.91. The van der Waals surface area contributed by atoms with Crippen LogP contribution in [0.4, 0.5) is 9.18 Å². The highest BCUT2D eigenvalue weighted by Crippen LogP contribution is 2.27. The van der Waals surface area contributed by atoms with Crippen molar-refractivity contribution in [2.45, 2.75) is 46.3 Å². The molecule has 1 aromatic rings. The molecule has 1 aromatic carbocycles. The van der Waals surface area contributed by atoms with Gasteiger partial charge in [0, 0.05) is 13.1 Å². The second kappa shape index (κ2) is 5.47. The number of rotatable bonds is 1. The van der Waals surface area contributed by atoms with Crippen LogP contribution in [0.3, 0.4) is 0 Å². The highest BCUT2D eigenvalue weighted by molar-refractivity contribution is 5.77. The molecule has 21 heavy (non-hydrogen) atoms. The number of aldehydes is 1. The zero-order chi connectivity index (χ0) is 15.8. The molecule has 0 saturated heterocycles. The molecule has 0 fully saturated rings. The Bertz CT molecular complexity index is 590. The Labute approximate surface area is 123 Å². The number of fused-ring (bicyclic) bond motifs is 1. The van der Waals surface area contributed by atoms with Crippen LogP contribution >= 0.6 is 0 Å². The third-order valence-electron chi connectivity index (χ3n) is 3.49. The maximum Gasteiger partial charge on any atom is 0.410 e. The van der Waals surface area contributed by atoms with Crippen LogP contribution in [-0.2, 0) is 17.7 Å². The summed E-state index contributed by atoms with van der Waals surface area (Å²) < 4.78 is 19.5. The van der Waals surface area contributed by atoms with Crippen molar-refractivity contribution in [3.05, 3.63) is 34.1 Å². The average Bonchev–Trinajstić information content (AvgIpc) is 2.40. The molecule has 114 valence electrons. The summed E-state index contributed by atoms with van der Waals surface area (Å²) >= 11 is 0. The van der Waals surface area contributed by atoms with E-state index < -0.39 is 17.5 Å². The predicted molar refractivity (Wildman–Crippen MR) is 76.9 cm³/mol. The zero-order valence-corrected chi connectivity index (χ0v) is 12.8. The van der Waals surface area contributed by atoms with Gasteiger partial charge >= 0.3 is 6.09 Å². The summed E-state index contributed by atoms with van der Waals surface area (Å²) in [5.41, 5.74) is 1.66. The summed E-state index contributed by atoms with van der Waals surface area (Å²) in [6, 6.07) is 1.53. The van der Waals surface area contributed by atoms with E-state index in [0.717, 1.165) is 11.1 Å². The lowest BCUT2D eigenvalue weighted by atomic mass is 9.92. The maximum atomic E-state index is 14.2. The van der Waals surface area contributed by atoms with Gasteiger partial charge in [-0.3, -0.25) is 4.79 Å². The number of ether oxygens (including phenoxy) is 1. The van der Waals surface area contributed by atoms with Crippen LogP contribution < -0.4 is 0 Å². The number of carbonyl (C=O) groups is 2. The molecule has 0 spiro atoms. The summed E-state index contributed by atoms with van der Waals surface area (Å²) in [6.07, 6.45) is 0.526. The van der Waals surface area contributed by atoms with Crippen LogP contribution in [0.15, 0.2) is 6.07 Å². The second-order valence-corrected chi connectivity index (χ2v) is 6.32. The molecular formula is C16H20FNO3. The smallest absolute Gasteiger partial charge is 0.410 e. The van der Waals surface area contributed by atoms with E-state index in [0.29, 0.717) is 31.4 Å². The predicted octanol–water partition coefficient (Wildman–Crippen LogP) is 3.24. The van der Waals surface area contributed by atoms with E-state index in [-0.39, 0.29) is 5.56 Å². The van der Waals surface area contributed by atoms with E-state index in [1.807, 2.05) is 27.7 Å². The van der Waals surface area contributed by atoms with E-state index in [1.54, 1.807) is 4.90 Å². The van der Waals surface area contributed by atoms with Crippen molar-refractivity contribution >= 4 is 12.4 Å². The van der Waals surface area contributed by atoms with Crippen LogP contribution in [-0.4, -0.2) is 29.4 Å². The van der Waals surface area contributed by atoms with E-state index in [9.17, 15) is 14.0 Å². The molecule has 0 unspecified atom stereocenters. The molecule has 1 amide bonds. The number of hydrogen-bond acceptors (Lipinski definition) is 3. The van der Waals surface area contributed by atoms with E-state index in [2.05, 4.69) is 0 Å².